The molecule has 0 bridgehead atoms. The van der Waals surface area contributed by atoms with Gasteiger partial charge in [-0.15, -0.1) is 0 Å². The molecule has 1 aromatic carbocycles. The Bertz CT molecular complexity index is 1130. The number of nitrogens with zero attached hydrogens (tertiary/aromatic N) is 2. The highest BCUT2D eigenvalue weighted by Gasteiger charge is 2.32. The lowest BCUT2D eigenvalue weighted by atomic mass is 9.78. The first-order valence-electron chi connectivity index (χ1n) is 11.1. The average molecular weight is 467 g/mol. The summed E-state index contributed by atoms with van der Waals surface area (Å²) in [5, 5.41) is 11.8. The smallest absolute Gasteiger partial charge is 0.433 e. The van der Waals surface area contributed by atoms with E-state index in [9.17, 15) is 18.0 Å². The first-order valence-corrected chi connectivity index (χ1v) is 11.1. The SMILES string of the molecule is O=C(O)/C=C/C1CCC(c2ccc(-c3ccc(Nc4ccc(C(F)(F)F)nc4)cn3)cc2)CC1. The Kier molecular flexibility index (Phi) is 6.95. The second-order valence-electron chi connectivity index (χ2n) is 8.42. The highest BCUT2D eigenvalue weighted by molar-refractivity contribution is 5.79. The van der Waals surface area contributed by atoms with Gasteiger partial charge in [-0.1, -0.05) is 30.3 Å². The first kappa shape index (κ1) is 23.5. The minimum atomic E-state index is -4.46. The number of alkyl halides is 3. The minimum absolute atomic E-state index is 0.335. The van der Waals surface area contributed by atoms with E-state index in [1.165, 1.54) is 17.7 Å². The summed E-state index contributed by atoms with van der Waals surface area (Å²) in [6.07, 6.45) is 5.40. The summed E-state index contributed by atoms with van der Waals surface area (Å²) in [7, 11) is 0. The summed E-state index contributed by atoms with van der Waals surface area (Å²) < 4.78 is 37.9. The molecule has 3 aromatic rings. The van der Waals surface area contributed by atoms with Gasteiger partial charge in [-0.3, -0.25) is 4.98 Å². The number of carboxylic acid groups (broad SMARTS) is 1. The molecule has 1 saturated carbocycles. The second kappa shape index (κ2) is 10.1. The van der Waals surface area contributed by atoms with Crippen LogP contribution in [0.2, 0.25) is 0 Å². The minimum Gasteiger partial charge on any atom is -0.478 e. The Labute approximate surface area is 195 Å². The zero-order valence-corrected chi connectivity index (χ0v) is 18.3. The van der Waals surface area contributed by atoms with Crippen molar-refractivity contribution in [1.29, 1.82) is 0 Å². The van der Waals surface area contributed by atoms with Crippen LogP contribution in [0.3, 0.4) is 0 Å². The van der Waals surface area contributed by atoms with Crippen LogP contribution >= 0.6 is 0 Å². The van der Waals surface area contributed by atoms with Crippen LogP contribution in [0, 0.1) is 5.92 Å². The molecule has 0 aliphatic heterocycles. The third-order valence-electron chi connectivity index (χ3n) is 6.07. The van der Waals surface area contributed by atoms with E-state index in [4.69, 9.17) is 5.11 Å². The predicted octanol–water partition coefficient (Wildman–Crippen LogP) is 6.82. The predicted molar refractivity (Wildman–Crippen MR) is 124 cm³/mol. The van der Waals surface area contributed by atoms with Crippen LogP contribution in [0.15, 0.2) is 73.1 Å². The van der Waals surface area contributed by atoms with Gasteiger partial charge < -0.3 is 10.4 Å². The summed E-state index contributed by atoms with van der Waals surface area (Å²) in [4.78, 5) is 18.6. The van der Waals surface area contributed by atoms with E-state index in [2.05, 4.69) is 27.4 Å². The van der Waals surface area contributed by atoms with Crippen molar-refractivity contribution in [2.45, 2.75) is 37.8 Å². The largest absolute Gasteiger partial charge is 0.478 e. The van der Waals surface area contributed by atoms with E-state index in [1.807, 2.05) is 24.3 Å². The van der Waals surface area contributed by atoms with Gasteiger partial charge in [-0.2, -0.15) is 13.2 Å². The number of carboxylic acids is 1. The normalized spacial score (nSPS) is 18.7. The molecule has 2 N–H and O–H groups in total. The van der Waals surface area contributed by atoms with Crippen LogP contribution < -0.4 is 5.32 Å². The van der Waals surface area contributed by atoms with E-state index < -0.39 is 17.8 Å². The van der Waals surface area contributed by atoms with Crippen LogP contribution in [0.4, 0.5) is 24.5 Å². The van der Waals surface area contributed by atoms with Crippen molar-refractivity contribution in [3.8, 4) is 11.3 Å². The molecule has 0 saturated heterocycles. The molecule has 0 radical (unpaired) electrons. The molecule has 2 aromatic heterocycles. The fourth-order valence-electron chi connectivity index (χ4n) is 4.23. The highest BCUT2D eigenvalue weighted by atomic mass is 19.4. The van der Waals surface area contributed by atoms with Crippen molar-refractivity contribution in [3.63, 3.8) is 0 Å². The van der Waals surface area contributed by atoms with Gasteiger partial charge >= 0.3 is 12.1 Å². The summed E-state index contributed by atoms with van der Waals surface area (Å²) in [6, 6.07) is 14.3. The van der Waals surface area contributed by atoms with Gasteiger partial charge in [0.15, 0.2) is 0 Å². The summed E-state index contributed by atoms with van der Waals surface area (Å²) in [5.41, 5.74) is 3.21. The number of nitrogens with one attached hydrogen (secondary N) is 1. The number of allylic oxidation sites excluding steroid dienone is 1. The van der Waals surface area contributed by atoms with Crippen LogP contribution in [-0.4, -0.2) is 21.0 Å². The number of carbonyl (C=O) groups is 1. The lowest BCUT2D eigenvalue weighted by Gasteiger charge is -2.27. The molecule has 0 amide bonds. The van der Waals surface area contributed by atoms with Crippen LogP contribution in [0.25, 0.3) is 11.3 Å². The van der Waals surface area contributed by atoms with Gasteiger partial charge in [-0.25, -0.2) is 9.78 Å². The van der Waals surface area contributed by atoms with Gasteiger partial charge in [0.1, 0.15) is 5.69 Å². The number of aromatic nitrogens is 2. The summed E-state index contributed by atoms with van der Waals surface area (Å²) >= 11 is 0. The Morgan fingerprint density at radius 2 is 1.56 bits per heavy atom. The van der Waals surface area contributed by atoms with Crippen molar-refractivity contribution in [3.05, 3.63) is 84.3 Å². The molecular weight excluding hydrogens is 443 g/mol. The Morgan fingerprint density at radius 3 is 2.09 bits per heavy atom. The maximum absolute atomic E-state index is 12.6. The number of rotatable bonds is 6. The van der Waals surface area contributed by atoms with Gasteiger partial charge in [0.25, 0.3) is 0 Å². The number of hydrogen-bond acceptors (Lipinski definition) is 4. The van der Waals surface area contributed by atoms with Crippen molar-refractivity contribution < 1.29 is 23.1 Å². The molecule has 34 heavy (non-hydrogen) atoms. The lowest BCUT2D eigenvalue weighted by Crippen LogP contribution is -2.12. The lowest BCUT2D eigenvalue weighted by molar-refractivity contribution is -0.141. The molecule has 176 valence electrons. The number of anilines is 2. The van der Waals surface area contributed by atoms with Crippen LogP contribution in [0.1, 0.15) is 42.9 Å². The third kappa shape index (κ3) is 6.01. The number of halogens is 3. The fraction of sp³-hybridized carbons (Fsp3) is 0.269. The standard InChI is InChI=1S/C26H24F3N3O2/c27-26(28,29)24-13-11-22(16-31-24)32-21-10-12-23(30-15-21)20-8-6-19(7-9-20)18-4-1-17(2-5-18)3-14-25(33)34/h3,6-18,32H,1-2,4-5H2,(H,33,34)/b14-3+. The van der Waals surface area contributed by atoms with E-state index in [0.717, 1.165) is 49.2 Å². The second-order valence-corrected chi connectivity index (χ2v) is 8.42. The maximum Gasteiger partial charge on any atom is 0.433 e. The van der Waals surface area contributed by atoms with Crippen LogP contribution in [0.5, 0.6) is 0 Å². The number of pyridine rings is 2. The number of hydrogen-bond donors (Lipinski definition) is 2. The molecule has 0 atom stereocenters. The zero-order valence-electron chi connectivity index (χ0n) is 18.3. The molecule has 2 heterocycles. The molecule has 8 heteroatoms. The quantitative estimate of drug-likeness (QED) is 0.389. The van der Waals surface area contributed by atoms with E-state index in [0.29, 0.717) is 23.2 Å². The molecule has 1 aliphatic carbocycles. The molecule has 4 rings (SSSR count). The highest BCUT2D eigenvalue weighted by Crippen LogP contribution is 2.37. The maximum atomic E-state index is 12.6. The Hall–Kier alpha value is -3.68. The monoisotopic (exact) mass is 467 g/mol. The zero-order chi connectivity index (χ0) is 24.1. The van der Waals surface area contributed by atoms with Gasteiger partial charge in [-0.05, 0) is 67.3 Å². The average Bonchev–Trinajstić information content (AvgIpc) is 2.83. The first-order chi connectivity index (χ1) is 16.3. The molecule has 0 unspecified atom stereocenters. The molecule has 0 spiro atoms. The summed E-state index contributed by atoms with van der Waals surface area (Å²) in [5.74, 6) is -0.0894. The van der Waals surface area contributed by atoms with Crippen molar-refractivity contribution in [2.24, 2.45) is 5.92 Å². The van der Waals surface area contributed by atoms with Gasteiger partial charge in [0, 0.05) is 11.6 Å². The fourth-order valence-corrected chi connectivity index (χ4v) is 4.23. The van der Waals surface area contributed by atoms with Crippen molar-refractivity contribution in [1.82, 2.24) is 9.97 Å². The number of aliphatic carboxylic acids is 1. The van der Waals surface area contributed by atoms with Gasteiger partial charge in [0.05, 0.1) is 29.5 Å². The molecule has 1 fully saturated rings. The number of benzene rings is 1. The molecule has 5 nitrogen and oxygen atoms in total. The third-order valence-corrected chi connectivity index (χ3v) is 6.07. The summed E-state index contributed by atoms with van der Waals surface area (Å²) in [6.45, 7) is 0. The topological polar surface area (TPSA) is 75.1 Å². The van der Waals surface area contributed by atoms with E-state index in [-0.39, 0.29) is 0 Å². The van der Waals surface area contributed by atoms with Gasteiger partial charge in [0.2, 0.25) is 0 Å². The molecule has 1 aliphatic rings. The van der Waals surface area contributed by atoms with E-state index in [1.54, 1.807) is 12.3 Å². The Balaban J connectivity index is 1.35. The molecular formula is C26H24F3N3O2. The van der Waals surface area contributed by atoms with Crippen molar-refractivity contribution in [2.75, 3.05) is 5.32 Å². The van der Waals surface area contributed by atoms with Crippen LogP contribution in [-0.2, 0) is 11.0 Å². The van der Waals surface area contributed by atoms with E-state index >= 15 is 0 Å². The Morgan fingerprint density at radius 1 is 0.912 bits per heavy atom. The van der Waals surface area contributed by atoms with Crippen molar-refractivity contribution >= 4 is 17.3 Å².